The largest absolute Gasteiger partial charge is 0.452 e. The van der Waals surface area contributed by atoms with Crippen LogP contribution >= 0.6 is 0 Å². The maximum absolute atomic E-state index is 13.2. The van der Waals surface area contributed by atoms with Crippen LogP contribution in [0.2, 0.25) is 0 Å². The fraction of sp³-hybridized carbons (Fsp3) is 0.500. The molecule has 0 bridgehead atoms. The standard InChI is InChI=1S/C20H25N3O5/c1-4-11-22-18(26)14-7-5-6-8-15(14)23-17(25)9-10-20(22,23)19(27)28-12-16(24)21-13(2)3/h5-8,13H,4,9-12H2,1-3H3,(H,21,24)/t20-/m0/s1. The Morgan fingerprint density at radius 2 is 1.96 bits per heavy atom. The molecule has 0 unspecified atom stereocenters. The van der Waals surface area contributed by atoms with E-state index >= 15 is 0 Å². The summed E-state index contributed by atoms with van der Waals surface area (Å²) in [5.41, 5.74) is -0.755. The number of esters is 1. The fourth-order valence-corrected chi connectivity index (χ4v) is 3.89. The van der Waals surface area contributed by atoms with Crippen molar-refractivity contribution in [1.29, 1.82) is 0 Å². The Labute approximate surface area is 163 Å². The Morgan fingerprint density at radius 1 is 1.25 bits per heavy atom. The molecule has 28 heavy (non-hydrogen) atoms. The lowest BCUT2D eigenvalue weighted by molar-refractivity contribution is -0.160. The highest BCUT2D eigenvalue weighted by atomic mass is 16.5. The van der Waals surface area contributed by atoms with Crippen LogP contribution in [0, 0.1) is 0 Å². The Balaban J connectivity index is 1.99. The number of hydrogen-bond acceptors (Lipinski definition) is 5. The van der Waals surface area contributed by atoms with Crippen molar-refractivity contribution in [2.24, 2.45) is 0 Å². The van der Waals surface area contributed by atoms with Gasteiger partial charge < -0.3 is 15.0 Å². The Hall–Kier alpha value is -2.90. The number of carbonyl (C=O) groups is 4. The van der Waals surface area contributed by atoms with Gasteiger partial charge in [-0.1, -0.05) is 19.1 Å². The van der Waals surface area contributed by atoms with Crippen LogP contribution in [0.25, 0.3) is 0 Å². The maximum Gasteiger partial charge on any atom is 0.354 e. The minimum Gasteiger partial charge on any atom is -0.452 e. The van der Waals surface area contributed by atoms with Crippen molar-refractivity contribution in [3.05, 3.63) is 29.8 Å². The van der Waals surface area contributed by atoms with Crippen molar-refractivity contribution < 1.29 is 23.9 Å². The zero-order chi connectivity index (χ0) is 20.5. The van der Waals surface area contributed by atoms with Crippen LogP contribution in [-0.2, 0) is 19.1 Å². The molecular weight excluding hydrogens is 362 g/mol. The topological polar surface area (TPSA) is 96.0 Å². The maximum atomic E-state index is 13.2. The smallest absolute Gasteiger partial charge is 0.354 e. The van der Waals surface area contributed by atoms with E-state index in [-0.39, 0.29) is 30.7 Å². The third-order valence-corrected chi connectivity index (χ3v) is 4.93. The second-order valence-corrected chi connectivity index (χ2v) is 7.32. The van der Waals surface area contributed by atoms with Crippen LogP contribution < -0.4 is 10.2 Å². The van der Waals surface area contributed by atoms with Gasteiger partial charge in [0.05, 0.1) is 11.3 Å². The summed E-state index contributed by atoms with van der Waals surface area (Å²) in [6, 6.07) is 6.67. The van der Waals surface area contributed by atoms with Crippen molar-refractivity contribution in [2.75, 3.05) is 18.1 Å². The first-order valence-corrected chi connectivity index (χ1v) is 9.53. The number of anilines is 1. The Morgan fingerprint density at radius 3 is 2.64 bits per heavy atom. The van der Waals surface area contributed by atoms with E-state index in [0.29, 0.717) is 24.2 Å². The summed E-state index contributed by atoms with van der Waals surface area (Å²) < 4.78 is 5.30. The van der Waals surface area contributed by atoms with Gasteiger partial charge in [-0.3, -0.25) is 19.3 Å². The number of benzene rings is 1. The predicted molar refractivity (Wildman–Crippen MR) is 101 cm³/mol. The van der Waals surface area contributed by atoms with Gasteiger partial charge in [-0.15, -0.1) is 0 Å². The molecule has 2 aliphatic heterocycles. The van der Waals surface area contributed by atoms with Gasteiger partial charge in [0.2, 0.25) is 11.6 Å². The van der Waals surface area contributed by atoms with Gasteiger partial charge in [-0.05, 0) is 32.4 Å². The van der Waals surface area contributed by atoms with E-state index in [2.05, 4.69) is 5.32 Å². The summed E-state index contributed by atoms with van der Waals surface area (Å²) >= 11 is 0. The summed E-state index contributed by atoms with van der Waals surface area (Å²) in [6.07, 6.45) is 0.866. The van der Waals surface area contributed by atoms with Gasteiger partial charge in [0.25, 0.3) is 11.8 Å². The van der Waals surface area contributed by atoms with Gasteiger partial charge in [0.1, 0.15) is 0 Å². The molecule has 8 heteroatoms. The zero-order valence-electron chi connectivity index (χ0n) is 16.4. The third kappa shape index (κ3) is 3.12. The molecule has 3 amide bonds. The first-order valence-electron chi connectivity index (χ1n) is 9.53. The van der Waals surface area contributed by atoms with Crippen LogP contribution in [0.1, 0.15) is 50.4 Å². The number of hydrogen-bond donors (Lipinski definition) is 1. The summed E-state index contributed by atoms with van der Waals surface area (Å²) in [5, 5.41) is 2.65. The molecule has 1 saturated heterocycles. The summed E-state index contributed by atoms with van der Waals surface area (Å²) in [4.78, 5) is 53.8. The lowest BCUT2D eigenvalue weighted by Crippen LogP contribution is -2.68. The van der Waals surface area contributed by atoms with Crippen LogP contribution in [0.5, 0.6) is 0 Å². The number of para-hydroxylation sites is 1. The molecule has 2 heterocycles. The van der Waals surface area contributed by atoms with E-state index in [4.69, 9.17) is 4.74 Å². The van der Waals surface area contributed by atoms with Crippen LogP contribution in [0.15, 0.2) is 24.3 Å². The van der Waals surface area contributed by atoms with E-state index < -0.39 is 24.1 Å². The van der Waals surface area contributed by atoms with Gasteiger partial charge in [-0.2, -0.15) is 0 Å². The Bertz CT molecular complexity index is 822. The van der Waals surface area contributed by atoms with Gasteiger partial charge in [0.15, 0.2) is 6.61 Å². The first kappa shape index (κ1) is 19.9. The highest BCUT2D eigenvalue weighted by Gasteiger charge is 2.61. The van der Waals surface area contributed by atoms with Crippen molar-refractivity contribution in [3.63, 3.8) is 0 Å². The molecule has 0 aromatic heterocycles. The third-order valence-electron chi connectivity index (χ3n) is 4.93. The van der Waals surface area contributed by atoms with Crippen molar-refractivity contribution >= 4 is 29.4 Å². The fourth-order valence-electron chi connectivity index (χ4n) is 3.89. The molecule has 150 valence electrons. The number of rotatable bonds is 6. The predicted octanol–water partition coefficient (Wildman–Crippen LogP) is 1.44. The molecule has 1 aromatic carbocycles. The molecule has 3 rings (SSSR count). The van der Waals surface area contributed by atoms with Crippen LogP contribution in [-0.4, -0.2) is 53.4 Å². The molecule has 1 atom stereocenters. The van der Waals surface area contributed by atoms with Gasteiger partial charge in [0, 0.05) is 25.4 Å². The monoisotopic (exact) mass is 387 g/mol. The number of amides is 3. The van der Waals surface area contributed by atoms with Crippen molar-refractivity contribution in [1.82, 2.24) is 10.2 Å². The number of nitrogens with zero attached hydrogens (tertiary/aromatic N) is 2. The normalized spacial score (nSPS) is 20.9. The molecule has 1 N–H and O–H groups in total. The van der Waals surface area contributed by atoms with E-state index in [9.17, 15) is 19.2 Å². The number of fused-ring (bicyclic) bond motifs is 3. The summed E-state index contributed by atoms with van der Waals surface area (Å²) in [6.45, 7) is 5.33. The minimum atomic E-state index is -1.54. The van der Waals surface area contributed by atoms with Gasteiger partial charge in [-0.25, -0.2) is 4.79 Å². The van der Waals surface area contributed by atoms with Crippen molar-refractivity contribution in [2.45, 2.75) is 51.7 Å². The lowest BCUT2D eigenvalue weighted by Gasteiger charge is -2.48. The van der Waals surface area contributed by atoms with E-state index in [0.717, 1.165) is 0 Å². The second kappa shape index (κ2) is 7.61. The molecule has 0 spiro atoms. The Kier molecular flexibility index (Phi) is 5.40. The molecule has 2 aliphatic rings. The van der Waals surface area contributed by atoms with E-state index in [1.807, 2.05) is 6.92 Å². The SMILES string of the molecule is CCCN1C(=O)c2ccccc2N2C(=O)CC[C@]12C(=O)OCC(=O)NC(C)C. The molecule has 1 aromatic rings. The molecule has 0 radical (unpaired) electrons. The molecule has 0 aliphatic carbocycles. The summed E-state index contributed by atoms with van der Waals surface area (Å²) in [5.74, 6) is -1.75. The lowest BCUT2D eigenvalue weighted by atomic mass is 9.96. The number of nitrogens with one attached hydrogen (secondary N) is 1. The zero-order valence-corrected chi connectivity index (χ0v) is 16.4. The minimum absolute atomic E-state index is 0.0892. The van der Waals surface area contributed by atoms with E-state index in [1.165, 1.54) is 9.80 Å². The average molecular weight is 387 g/mol. The van der Waals surface area contributed by atoms with Crippen LogP contribution in [0.4, 0.5) is 5.69 Å². The number of carbonyl (C=O) groups excluding carboxylic acids is 4. The van der Waals surface area contributed by atoms with Gasteiger partial charge >= 0.3 is 5.97 Å². The highest BCUT2D eigenvalue weighted by molar-refractivity contribution is 6.15. The van der Waals surface area contributed by atoms with Crippen molar-refractivity contribution in [3.8, 4) is 0 Å². The van der Waals surface area contributed by atoms with E-state index in [1.54, 1.807) is 38.1 Å². The second-order valence-electron chi connectivity index (χ2n) is 7.32. The quantitative estimate of drug-likeness (QED) is 0.745. The highest BCUT2D eigenvalue weighted by Crippen LogP contribution is 2.45. The summed E-state index contributed by atoms with van der Waals surface area (Å²) in [7, 11) is 0. The average Bonchev–Trinajstić information content (AvgIpc) is 3.01. The van der Waals surface area contributed by atoms with Crippen LogP contribution in [0.3, 0.4) is 0 Å². The molecule has 8 nitrogen and oxygen atoms in total. The first-order chi connectivity index (χ1) is 13.3. The molecular formula is C20H25N3O5. The number of ether oxygens (including phenoxy) is 1. The molecule has 1 fully saturated rings. The molecule has 0 saturated carbocycles.